The van der Waals surface area contributed by atoms with Crippen molar-refractivity contribution in [2.75, 3.05) is 12.3 Å². The van der Waals surface area contributed by atoms with Crippen molar-refractivity contribution in [1.29, 1.82) is 0 Å². The Bertz CT molecular complexity index is 618. The predicted octanol–water partition coefficient (Wildman–Crippen LogP) is 4.07. The van der Waals surface area contributed by atoms with E-state index in [2.05, 4.69) is 5.32 Å². The molecule has 0 aliphatic rings. The minimum atomic E-state index is -0.338. The van der Waals surface area contributed by atoms with Gasteiger partial charge in [-0.1, -0.05) is 41.9 Å². The third-order valence-corrected chi connectivity index (χ3v) is 4.34. The largest absolute Gasteiger partial charge is 0.355 e. The van der Waals surface area contributed by atoms with E-state index in [1.165, 1.54) is 11.6 Å². The molecule has 1 amide bonds. The SMILES string of the molecule is O=C(Cc1ccccc1F)NCCSCc1ccc(Cl)cc1. The zero-order valence-electron chi connectivity index (χ0n) is 12.0. The van der Waals surface area contributed by atoms with Gasteiger partial charge in [-0.3, -0.25) is 4.79 Å². The first-order valence-electron chi connectivity index (χ1n) is 6.97. The Kier molecular flexibility index (Phi) is 6.74. The summed E-state index contributed by atoms with van der Waals surface area (Å²) >= 11 is 7.56. The summed E-state index contributed by atoms with van der Waals surface area (Å²) in [4.78, 5) is 11.7. The third kappa shape index (κ3) is 5.70. The fourth-order valence-corrected chi connectivity index (χ4v) is 2.86. The lowest BCUT2D eigenvalue weighted by Gasteiger charge is -2.06. The number of benzene rings is 2. The summed E-state index contributed by atoms with van der Waals surface area (Å²) in [5, 5.41) is 3.54. The van der Waals surface area contributed by atoms with Gasteiger partial charge in [-0.25, -0.2) is 4.39 Å². The highest BCUT2D eigenvalue weighted by Crippen LogP contribution is 2.15. The van der Waals surface area contributed by atoms with Crippen LogP contribution in [0.4, 0.5) is 4.39 Å². The van der Waals surface area contributed by atoms with E-state index in [9.17, 15) is 9.18 Å². The van der Waals surface area contributed by atoms with E-state index >= 15 is 0 Å². The van der Waals surface area contributed by atoms with E-state index in [1.54, 1.807) is 30.0 Å². The van der Waals surface area contributed by atoms with E-state index < -0.39 is 0 Å². The molecule has 0 aliphatic heterocycles. The van der Waals surface area contributed by atoms with Crippen molar-refractivity contribution in [1.82, 2.24) is 5.32 Å². The van der Waals surface area contributed by atoms with Gasteiger partial charge in [0.15, 0.2) is 0 Å². The highest BCUT2D eigenvalue weighted by molar-refractivity contribution is 7.98. The second-order valence-corrected chi connectivity index (χ2v) is 6.34. The van der Waals surface area contributed by atoms with E-state index in [1.807, 2.05) is 24.3 Å². The van der Waals surface area contributed by atoms with E-state index in [0.717, 1.165) is 16.5 Å². The fourth-order valence-electron chi connectivity index (χ4n) is 1.91. The summed E-state index contributed by atoms with van der Waals surface area (Å²) in [6.07, 6.45) is 0.0779. The molecule has 0 fully saturated rings. The molecule has 0 spiro atoms. The maximum absolute atomic E-state index is 13.4. The fraction of sp³-hybridized carbons (Fsp3) is 0.235. The van der Waals surface area contributed by atoms with Gasteiger partial charge in [0.25, 0.3) is 0 Å². The number of thioether (sulfide) groups is 1. The molecule has 2 aromatic rings. The second-order valence-electron chi connectivity index (χ2n) is 4.80. The smallest absolute Gasteiger partial charge is 0.224 e. The molecule has 2 aromatic carbocycles. The monoisotopic (exact) mass is 337 g/mol. The average Bonchev–Trinajstić information content (AvgIpc) is 2.51. The molecule has 116 valence electrons. The molecule has 0 radical (unpaired) electrons. The van der Waals surface area contributed by atoms with Gasteiger partial charge in [0.2, 0.25) is 5.91 Å². The zero-order valence-corrected chi connectivity index (χ0v) is 13.6. The molecule has 0 saturated heterocycles. The molecule has 0 aliphatic carbocycles. The van der Waals surface area contributed by atoms with Gasteiger partial charge in [-0.05, 0) is 29.3 Å². The summed E-state index contributed by atoms with van der Waals surface area (Å²) in [6.45, 7) is 0.575. The number of hydrogen-bond donors (Lipinski definition) is 1. The van der Waals surface area contributed by atoms with Crippen LogP contribution in [0.3, 0.4) is 0 Å². The Morgan fingerprint density at radius 2 is 1.86 bits per heavy atom. The molecule has 0 saturated carbocycles. The van der Waals surface area contributed by atoms with Crippen molar-refractivity contribution >= 4 is 29.3 Å². The highest BCUT2D eigenvalue weighted by Gasteiger charge is 2.06. The third-order valence-electron chi connectivity index (χ3n) is 3.06. The summed E-state index contributed by atoms with van der Waals surface area (Å²) in [6, 6.07) is 14.1. The Morgan fingerprint density at radius 3 is 2.59 bits per heavy atom. The number of halogens is 2. The van der Waals surface area contributed by atoms with Crippen LogP contribution < -0.4 is 5.32 Å². The van der Waals surface area contributed by atoms with Crippen LogP contribution >= 0.6 is 23.4 Å². The molecular formula is C17H17ClFNOS. The van der Waals surface area contributed by atoms with Crippen LogP contribution in [-0.2, 0) is 17.0 Å². The van der Waals surface area contributed by atoms with E-state index in [4.69, 9.17) is 11.6 Å². The van der Waals surface area contributed by atoms with Crippen LogP contribution in [0, 0.1) is 5.82 Å². The van der Waals surface area contributed by atoms with Crippen LogP contribution in [0.2, 0.25) is 5.02 Å². The van der Waals surface area contributed by atoms with Gasteiger partial charge >= 0.3 is 0 Å². The average molecular weight is 338 g/mol. The lowest BCUT2D eigenvalue weighted by atomic mass is 10.1. The first-order valence-corrected chi connectivity index (χ1v) is 8.51. The van der Waals surface area contributed by atoms with Gasteiger partial charge in [0.05, 0.1) is 6.42 Å². The number of rotatable bonds is 7. The molecular weight excluding hydrogens is 321 g/mol. The first kappa shape index (κ1) is 16.8. The lowest BCUT2D eigenvalue weighted by Crippen LogP contribution is -2.27. The number of carbonyl (C=O) groups excluding carboxylic acids is 1. The standard InChI is InChI=1S/C17H17ClFNOS/c18-15-7-5-13(6-8-15)12-22-10-9-20-17(21)11-14-3-1-2-4-16(14)19/h1-8H,9-12H2,(H,20,21). The van der Waals surface area contributed by atoms with Crippen molar-refractivity contribution < 1.29 is 9.18 Å². The Hall–Kier alpha value is -1.52. The van der Waals surface area contributed by atoms with Crippen LogP contribution in [-0.4, -0.2) is 18.2 Å². The van der Waals surface area contributed by atoms with Gasteiger partial charge in [-0.15, -0.1) is 0 Å². The maximum Gasteiger partial charge on any atom is 0.224 e. The van der Waals surface area contributed by atoms with Crippen LogP contribution in [0.1, 0.15) is 11.1 Å². The van der Waals surface area contributed by atoms with E-state index in [0.29, 0.717) is 12.1 Å². The van der Waals surface area contributed by atoms with Crippen molar-refractivity contribution in [3.8, 4) is 0 Å². The molecule has 0 atom stereocenters. The Balaban J connectivity index is 1.63. The highest BCUT2D eigenvalue weighted by atomic mass is 35.5. The number of nitrogens with one attached hydrogen (secondary N) is 1. The predicted molar refractivity (Wildman–Crippen MR) is 90.7 cm³/mol. The zero-order chi connectivity index (χ0) is 15.8. The Morgan fingerprint density at radius 1 is 1.14 bits per heavy atom. The number of carbonyl (C=O) groups is 1. The van der Waals surface area contributed by atoms with Gasteiger partial charge < -0.3 is 5.32 Å². The van der Waals surface area contributed by atoms with E-state index in [-0.39, 0.29) is 18.1 Å². The minimum Gasteiger partial charge on any atom is -0.355 e. The molecule has 5 heteroatoms. The van der Waals surface area contributed by atoms with Gasteiger partial charge in [0.1, 0.15) is 5.82 Å². The van der Waals surface area contributed by atoms with Gasteiger partial charge in [0, 0.05) is 23.1 Å². The molecule has 1 N–H and O–H groups in total. The van der Waals surface area contributed by atoms with Crippen molar-refractivity contribution in [2.45, 2.75) is 12.2 Å². The maximum atomic E-state index is 13.4. The number of hydrogen-bond acceptors (Lipinski definition) is 2. The van der Waals surface area contributed by atoms with Gasteiger partial charge in [-0.2, -0.15) is 11.8 Å². The number of amides is 1. The molecule has 2 nitrogen and oxygen atoms in total. The summed E-state index contributed by atoms with van der Waals surface area (Å²) in [5.74, 6) is 1.19. The molecule has 22 heavy (non-hydrogen) atoms. The molecule has 0 heterocycles. The molecule has 0 bridgehead atoms. The minimum absolute atomic E-state index is 0.0779. The van der Waals surface area contributed by atoms with Crippen LogP contribution in [0.5, 0.6) is 0 Å². The van der Waals surface area contributed by atoms with Crippen LogP contribution in [0.25, 0.3) is 0 Å². The van der Waals surface area contributed by atoms with Crippen LogP contribution in [0.15, 0.2) is 48.5 Å². The van der Waals surface area contributed by atoms with Crippen molar-refractivity contribution in [2.24, 2.45) is 0 Å². The Labute approximate surface area is 139 Å². The second kappa shape index (κ2) is 8.81. The quantitative estimate of drug-likeness (QED) is 0.772. The topological polar surface area (TPSA) is 29.1 Å². The summed E-state index contributed by atoms with van der Waals surface area (Å²) in [7, 11) is 0. The van der Waals surface area contributed by atoms with Crippen molar-refractivity contribution in [3.63, 3.8) is 0 Å². The normalized spacial score (nSPS) is 10.5. The summed E-state index contributed by atoms with van der Waals surface area (Å²) < 4.78 is 13.4. The molecule has 2 rings (SSSR count). The van der Waals surface area contributed by atoms with Crippen molar-refractivity contribution in [3.05, 3.63) is 70.5 Å². The first-order chi connectivity index (χ1) is 10.6. The summed E-state index contributed by atoms with van der Waals surface area (Å²) in [5.41, 5.74) is 1.63. The lowest BCUT2D eigenvalue weighted by molar-refractivity contribution is -0.120. The molecule has 0 aromatic heterocycles. The molecule has 0 unspecified atom stereocenters.